The van der Waals surface area contributed by atoms with Crippen LogP contribution in [-0.2, 0) is 12.8 Å². The molecule has 2 aromatic rings. The van der Waals surface area contributed by atoms with Crippen molar-refractivity contribution in [3.63, 3.8) is 0 Å². The van der Waals surface area contributed by atoms with Crippen LogP contribution in [0.25, 0.3) is 0 Å². The van der Waals surface area contributed by atoms with Gasteiger partial charge in [0, 0.05) is 17.8 Å². The molecular formula is C18H20FNO. The van der Waals surface area contributed by atoms with Crippen LogP contribution in [0.4, 0.5) is 10.1 Å². The lowest BCUT2D eigenvalue weighted by Crippen LogP contribution is -2.27. The zero-order valence-corrected chi connectivity index (χ0v) is 12.2. The zero-order chi connectivity index (χ0) is 14.7. The fourth-order valence-electron chi connectivity index (χ4n) is 2.92. The van der Waals surface area contributed by atoms with Gasteiger partial charge in [-0.15, -0.1) is 0 Å². The Balaban J connectivity index is 1.69. The van der Waals surface area contributed by atoms with Crippen LogP contribution in [-0.4, -0.2) is 12.6 Å². The molecule has 0 radical (unpaired) electrons. The van der Waals surface area contributed by atoms with E-state index in [0.717, 1.165) is 24.9 Å². The molecular weight excluding hydrogens is 265 g/mol. The van der Waals surface area contributed by atoms with E-state index in [-0.39, 0.29) is 5.82 Å². The van der Waals surface area contributed by atoms with Crippen molar-refractivity contribution in [3.05, 3.63) is 59.4 Å². The second-order valence-electron chi connectivity index (χ2n) is 5.43. The molecule has 3 heteroatoms. The minimum atomic E-state index is -0.307. The van der Waals surface area contributed by atoms with Crippen LogP contribution in [0.1, 0.15) is 24.5 Å². The number of hydrogen-bond donors (Lipinski definition) is 1. The first-order valence-electron chi connectivity index (χ1n) is 7.52. The van der Waals surface area contributed by atoms with Crippen LogP contribution in [0.2, 0.25) is 0 Å². The number of benzene rings is 2. The first-order valence-corrected chi connectivity index (χ1v) is 7.52. The Morgan fingerprint density at radius 1 is 1.19 bits per heavy atom. The van der Waals surface area contributed by atoms with Gasteiger partial charge in [0.2, 0.25) is 0 Å². The Kier molecular flexibility index (Phi) is 4.09. The topological polar surface area (TPSA) is 21.3 Å². The molecule has 1 N–H and O–H groups in total. The molecule has 0 heterocycles. The summed E-state index contributed by atoms with van der Waals surface area (Å²) in [4.78, 5) is 0. The van der Waals surface area contributed by atoms with Gasteiger partial charge in [0.1, 0.15) is 0 Å². The van der Waals surface area contributed by atoms with E-state index in [1.807, 2.05) is 13.0 Å². The van der Waals surface area contributed by atoms with Gasteiger partial charge in [-0.25, -0.2) is 4.39 Å². The van der Waals surface area contributed by atoms with E-state index in [1.54, 1.807) is 6.07 Å². The fraction of sp³-hybridized carbons (Fsp3) is 0.333. The van der Waals surface area contributed by atoms with Crippen LogP contribution < -0.4 is 10.1 Å². The standard InChI is InChI=1S/C18H20FNO/c1-2-21-18-10-9-16(12-17(18)19)20-15-8-7-13-5-3-4-6-14(13)11-15/h3-6,9-10,12,15,20H,2,7-8,11H2,1H3. The van der Waals surface area contributed by atoms with E-state index in [2.05, 4.69) is 29.6 Å². The number of halogens is 1. The molecule has 110 valence electrons. The van der Waals surface area contributed by atoms with Crippen LogP contribution in [0.15, 0.2) is 42.5 Å². The Morgan fingerprint density at radius 3 is 2.76 bits per heavy atom. The minimum absolute atomic E-state index is 0.307. The van der Waals surface area contributed by atoms with Gasteiger partial charge in [-0.1, -0.05) is 24.3 Å². The van der Waals surface area contributed by atoms with E-state index in [1.165, 1.54) is 17.2 Å². The number of hydrogen-bond acceptors (Lipinski definition) is 2. The lowest BCUT2D eigenvalue weighted by molar-refractivity contribution is 0.321. The van der Waals surface area contributed by atoms with Crippen molar-refractivity contribution in [1.29, 1.82) is 0 Å². The third-order valence-electron chi connectivity index (χ3n) is 3.95. The molecule has 0 aromatic heterocycles. The summed E-state index contributed by atoms with van der Waals surface area (Å²) in [5, 5.41) is 3.44. The molecule has 1 unspecified atom stereocenters. The summed E-state index contributed by atoms with van der Waals surface area (Å²) < 4.78 is 19.1. The molecule has 0 aliphatic heterocycles. The molecule has 1 aliphatic rings. The van der Waals surface area contributed by atoms with Gasteiger partial charge < -0.3 is 10.1 Å². The SMILES string of the molecule is CCOc1ccc(NC2CCc3ccccc3C2)cc1F. The quantitative estimate of drug-likeness (QED) is 0.909. The number of ether oxygens (including phenoxy) is 1. The van der Waals surface area contributed by atoms with Gasteiger partial charge in [0.25, 0.3) is 0 Å². The molecule has 0 amide bonds. The molecule has 0 fully saturated rings. The van der Waals surface area contributed by atoms with Crippen LogP contribution in [0, 0.1) is 5.82 Å². The second kappa shape index (κ2) is 6.17. The first-order chi connectivity index (χ1) is 10.3. The number of anilines is 1. The molecule has 0 saturated carbocycles. The molecule has 21 heavy (non-hydrogen) atoms. The Bertz CT molecular complexity index is 626. The highest BCUT2D eigenvalue weighted by Crippen LogP contribution is 2.26. The molecule has 1 atom stereocenters. The van der Waals surface area contributed by atoms with Gasteiger partial charge in [0.05, 0.1) is 6.61 Å². The summed E-state index contributed by atoms with van der Waals surface area (Å²) in [5.41, 5.74) is 3.65. The van der Waals surface area contributed by atoms with Gasteiger partial charge in [-0.3, -0.25) is 0 Å². The normalized spacial score (nSPS) is 17.1. The van der Waals surface area contributed by atoms with Crippen molar-refractivity contribution in [1.82, 2.24) is 0 Å². The van der Waals surface area contributed by atoms with E-state index in [4.69, 9.17) is 4.74 Å². The number of fused-ring (bicyclic) bond motifs is 1. The highest BCUT2D eigenvalue weighted by molar-refractivity contribution is 5.48. The number of nitrogens with one attached hydrogen (secondary N) is 1. The van der Waals surface area contributed by atoms with Crippen molar-refractivity contribution < 1.29 is 9.13 Å². The van der Waals surface area contributed by atoms with Crippen molar-refractivity contribution in [2.45, 2.75) is 32.2 Å². The van der Waals surface area contributed by atoms with Gasteiger partial charge in [-0.05, 0) is 49.4 Å². The van der Waals surface area contributed by atoms with E-state index in [0.29, 0.717) is 18.4 Å². The fourth-order valence-corrected chi connectivity index (χ4v) is 2.92. The van der Waals surface area contributed by atoms with E-state index >= 15 is 0 Å². The average Bonchev–Trinajstić information content (AvgIpc) is 2.50. The van der Waals surface area contributed by atoms with Crippen molar-refractivity contribution >= 4 is 5.69 Å². The van der Waals surface area contributed by atoms with Crippen LogP contribution in [0.3, 0.4) is 0 Å². The molecule has 2 nitrogen and oxygen atoms in total. The monoisotopic (exact) mass is 285 g/mol. The van der Waals surface area contributed by atoms with Crippen LogP contribution in [0.5, 0.6) is 5.75 Å². The highest BCUT2D eigenvalue weighted by Gasteiger charge is 2.18. The van der Waals surface area contributed by atoms with Gasteiger partial charge >= 0.3 is 0 Å². The largest absolute Gasteiger partial charge is 0.491 e. The van der Waals surface area contributed by atoms with Gasteiger partial charge in [-0.2, -0.15) is 0 Å². The summed E-state index contributed by atoms with van der Waals surface area (Å²) in [6.45, 7) is 2.33. The first kappa shape index (κ1) is 13.9. The molecule has 3 rings (SSSR count). The van der Waals surface area contributed by atoms with E-state index < -0.39 is 0 Å². The molecule has 2 aromatic carbocycles. The molecule has 1 aliphatic carbocycles. The molecule has 0 bridgehead atoms. The maximum absolute atomic E-state index is 13.9. The molecule has 0 spiro atoms. The van der Waals surface area contributed by atoms with Crippen LogP contribution >= 0.6 is 0 Å². The Morgan fingerprint density at radius 2 is 2.00 bits per heavy atom. The Labute approximate surface area is 125 Å². The lowest BCUT2D eigenvalue weighted by Gasteiger charge is -2.26. The third kappa shape index (κ3) is 3.18. The zero-order valence-electron chi connectivity index (χ0n) is 12.2. The maximum Gasteiger partial charge on any atom is 0.167 e. The summed E-state index contributed by atoms with van der Waals surface area (Å²) in [7, 11) is 0. The van der Waals surface area contributed by atoms with Crippen molar-refractivity contribution in [2.75, 3.05) is 11.9 Å². The second-order valence-corrected chi connectivity index (χ2v) is 5.43. The predicted molar refractivity (Wildman–Crippen MR) is 83.4 cm³/mol. The number of aryl methyl sites for hydroxylation is 1. The summed E-state index contributed by atoms with van der Waals surface area (Å²) >= 11 is 0. The van der Waals surface area contributed by atoms with Crippen molar-refractivity contribution in [3.8, 4) is 5.75 Å². The van der Waals surface area contributed by atoms with Gasteiger partial charge in [0.15, 0.2) is 11.6 Å². The third-order valence-corrected chi connectivity index (χ3v) is 3.95. The average molecular weight is 285 g/mol. The summed E-state index contributed by atoms with van der Waals surface area (Å²) in [5.74, 6) is 0.00935. The predicted octanol–water partition coefficient (Wildman–Crippen LogP) is 4.19. The minimum Gasteiger partial charge on any atom is -0.491 e. The maximum atomic E-state index is 13.9. The van der Waals surface area contributed by atoms with E-state index in [9.17, 15) is 4.39 Å². The highest BCUT2D eigenvalue weighted by atomic mass is 19.1. The summed E-state index contributed by atoms with van der Waals surface area (Å²) in [6.07, 6.45) is 3.14. The smallest absolute Gasteiger partial charge is 0.167 e. The number of rotatable bonds is 4. The summed E-state index contributed by atoms with van der Waals surface area (Å²) in [6, 6.07) is 14.0. The Hall–Kier alpha value is -2.03. The molecule has 0 saturated heterocycles. The lowest BCUT2D eigenvalue weighted by atomic mass is 9.88. The van der Waals surface area contributed by atoms with Crippen molar-refractivity contribution in [2.24, 2.45) is 0 Å².